The summed E-state index contributed by atoms with van der Waals surface area (Å²) in [5.74, 6) is 0. The molecule has 2 heteroatoms. The second kappa shape index (κ2) is 7.05. The van der Waals surface area contributed by atoms with E-state index < -0.39 is 7.14 Å². The monoisotopic (exact) mass is 388 g/mol. The van der Waals surface area contributed by atoms with E-state index in [4.69, 9.17) is 0 Å². The van der Waals surface area contributed by atoms with Crippen molar-refractivity contribution < 1.29 is 4.57 Å². The van der Waals surface area contributed by atoms with Gasteiger partial charge in [0.15, 0.2) is 0 Å². The molecule has 1 fully saturated rings. The van der Waals surface area contributed by atoms with Crippen molar-refractivity contribution in [2.45, 2.75) is 44.4 Å². The van der Waals surface area contributed by atoms with Gasteiger partial charge in [0.05, 0.1) is 0 Å². The zero-order valence-corrected chi connectivity index (χ0v) is 18.0. The minimum atomic E-state index is -2.69. The summed E-state index contributed by atoms with van der Waals surface area (Å²) in [6, 6.07) is 29.2. The van der Waals surface area contributed by atoms with Crippen molar-refractivity contribution in [1.82, 2.24) is 0 Å². The van der Waals surface area contributed by atoms with Crippen LogP contribution in [0.15, 0.2) is 84.9 Å². The van der Waals surface area contributed by atoms with Crippen molar-refractivity contribution in [3.8, 4) is 0 Å². The van der Waals surface area contributed by atoms with Crippen LogP contribution in [0.5, 0.6) is 0 Å². The lowest BCUT2D eigenvalue weighted by atomic mass is 9.85. The third-order valence-electron chi connectivity index (χ3n) is 6.09. The fourth-order valence-corrected chi connectivity index (χ4v) is 7.43. The van der Waals surface area contributed by atoms with Crippen molar-refractivity contribution in [3.05, 3.63) is 96.1 Å². The summed E-state index contributed by atoms with van der Waals surface area (Å²) in [4.78, 5) is 0. The van der Waals surface area contributed by atoms with Gasteiger partial charge < -0.3 is 4.57 Å². The Morgan fingerprint density at radius 3 is 1.61 bits per heavy atom. The maximum atomic E-state index is 14.5. The highest BCUT2D eigenvalue weighted by atomic mass is 31.2. The van der Waals surface area contributed by atoms with Gasteiger partial charge in [-0.1, -0.05) is 106 Å². The zero-order chi connectivity index (χ0) is 19.8. The number of hydrogen-bond donors (Lipinski definition) is 0. The van der Waals surface area contributed by atoms with E-state index in [0.717, 1.165) is 23.5 Å². The van der Waals surface area contributed by atoms with Crippen molar-refractivity contribution in [1.29, 1.82) is 0 Å². The molecule has 1 saturated carbocycles. The van der Waals surface area contributed by atoms with Gasteiger partial charge in [-0.2, -0.15) is 0 Å². The fraction of sp³-hybridized carbons (Fsp3) is 0.308. The number of hydrogen-bond acceptors (Lipinski definition) is 1. The molecule has 0 saturated heterocycles. The largest absolute Gasteiger partial charge is 0.314 e. The molecule has 0 atom stereocenters. The predicted octanol–water partition coefficient (Wildman–Crippen LogP) is 6.03. The Morgan fingerprint density at radius 1 is 0.750 bits per heavy atom. The first-order valence-corrected chi connectivity index (χ1v) is 12.0. The molecule has 3 aromatic rings. The Kier molecular flexibility index (Phi) is 4.84. The van der Waals surface area contributed by atoms with E-state index in [2.05, 4.69) is 45.0 Å². The van der Waals surface area contributed by atoms with Crippen LogP contribution in [-0.4, -0.2) is 6.16 Å². The summed E-state index contributed by atoms with van der Waals surface area (Å²) in [5, 5.41) is 1.94. The normalized spacial score (nSPS) is 16.0. The average molecular weight is 388 g/mol. The molecular formula is C26H29OP. The minimum absolute atomic E-state index is 0.0393. The van der Waals surface area contributed by atoms with Gasteiger partial charge >= 0.3 is 0 Å². The molecule has 0 heterocycles. The predicted molar refractivity (Wildman–Crippen MR) is 121 cm³/mol. The molecular weight excluding hydrogens is 359 g/mol. The zero-order valence-electron chi connectivity index (χ0n) is 17.1. The third-order valence-corrected chi connectivity index (χ3v) is 9.40. The fourth-order valence-electron chi connectivity index (χ4n) is 4.11. The third kappa shape index (κ3) is 3.61. The van der Waals surface area contributed by atoms with Crippen molar-refractivity contribution in [3.63, 3.8) is 0 Å². The van der Waals surface area contributed by atoms with E-state index in [1.165, 1.54) is 11.1 Å². The highest BCUT2D eigenvalue weighted by Crippen LogP contribution is 2.59. The number of rotatable bonds is 5. The van der Waals surface area contributed by atoms with Gasteiger partial charge in [-0.05, 0) is 29.4 Å². The van der Waals surface area contributed by atoms with Gasteiger partial charge in [-0.15, -0.1) is 0 Å². The summed E-state index contributed by atoms with van der Waals surface area (Å²) in [6.45, 7) is 6.73. The van der Waals surface area contributed by atoms with Crippen LogP contribution >= 0.6 is 7.14 Å². The Labute approximate surface area is 169 Å². The van der Waals surface area contributed by atoms with Crippen LogP contribution < -0.4 is 10.6 Å². The standard InChI is InChI=1S/C26H29OP/c1-25(2,3)21-14-16-22(17-15-21)26(18-19-26)20-28(27,23-10-6-4-7-11-23)24-12-8-5-9-13-24/h4-17H,18-20H2,1-3H3. The molecule has 0 aliphatic heterocycles. The van der Waals surface area contributed by atoms with Gasteiger partial charge in [0.25, 0.3) is 0 Å². The topological polar surface area (TPSA) is 17.1 Å². The van der Waals surface area contributed by atoms with Crippen molar-refractivity contribution in [2.75, 3.05) is 6.16 Å². The lowest BCUT2D eigenvalue weighted by molar-refractivity contribution is 0.579. The maximum Gasteiger partial charge on any atom is 0.144 e. The molecule has 0 N–H and O–H groups in total. The van der Waals surface area contributed by atoms with Crippen LogP contribution in [0.2, 0.25) is 0 Å². The molecule has 1 nitrogen and oxygen atoms in total. The molecule has 0 spiro atoms. The van der Waals surface area contributed by atoms with Crippen LogP contribution in [0.1, 0.15) is 44.7 Å². The van der Waals surface area contributed by atoms with Crippen LogP contribution in [0.3, 0.4) is 0 Å². The quantitative estimate of drug-likeness (QED) is 0.488. The van der Waals surface area contributed by atoms with Crippen LogP contribution in [-0.2, 0) is 15.4 Å². The molecule has 3 aromatic carbocycles. The van der Waals surface area contributed by atoms with Crippen molar-refractivity contribution >= 4 is 17.8 Å². The van der Waals surface area contributed by atoms with Crippen LogP contribution in [0.4, 0.5) is 0 Å². The molecule has 0 radical (unpaired) electrons. The Balaban J connectivity index is 1.73. The maximum absolute atomic E-state index is 14.5. The van der Waals surface area contributed by atoms with E-state index in [0.29, 0.717) is 6.16 Å². The van der Waals surface area contributed by atoms with E-state index >= 15 is 0 Å². The first kappa shape index (κ1) is 19.2. The molecule has 28 heavy (non-hydrogen) atoms. The average Bonchev–Trinajstić information content (AvgIpc) is 3.49. The Bertz CT molecular complexity index is 935. The molecule has 4 rings (SSSR count). The van der Waals surface area contributed by atoms with Gasteiger partial charge in [-0.25, -0.2) is 0 Å². The second-order valence-electron chi connectivity index (χ2n) is 9.18. The first-order chi connectivity index (χ1) is 13.3. The lowest BCUT2D eigenvalue weighted by Crippen LogP contribution is -2.25. The highest BCUT2D eigenvalue weighted by Gasteiger charge is 2.49. The van der Waals surface area contributed by atoms with E-state index in [1.54, 1.807) is 0 Å². The van der Waals surface area contributed by atoms with Gasteiger partial charge in [0.2, 0.25) is 0 Å². The molecule has 1 aliphatic rings. The molecule has 1 aliphatic carbocycles. The lowest BCUT2D eigenvalue weighted by Gasteiger charge is -2.26. The summed E-state index contributed by atoms with van der Waals surface area (Å²) in [5.41, 5.74) is 2.88. The molecule has 0 aromatic heterocycles. The van der Waals surface area contributed by atoms with Gasteiger partial charge in [0.1, 0.15) is 7.14 Å². The second-order valence-corrected chi connectivity index (χ2v) is 12.0. The first-order valence-electron chi connectivity index (χ1n) is 10.1. The van der Waals surface area contributed by atoms with Crippen LogP contribution in [0, 0.1) is 0 Å². The van der Waals surface area contributed by atoms with E-state index in [-0.39, 0.29) is 10.8 Å². The highest BCUT2D eigenvalue weighted by molar-refractivity contribution is 7.78. The summed E-state index contributed by atoms with van der Waals surface area (Å²) >= 11 is 0. The molecule has 144 valence electrons. The van der Waals surface area contributed by atoms with Crippen LogP contribution in [0.25, 0.3) is 0 Å². The summed E-state index contributed by atoms with van der Waals surface area (Å²) < 4.78 is 14.5. The van der Waals surface area contributed by atoms with E-state index in [9.17, 15) is 4.57 Å². The van der Waals surface area contributed by atoms with Gasteiger partial charge in [0, 0.05) is 22.2 Å². The molecule has 0 bridgehead atoms. The summed E-state index contributed by atoms with van der Waals surface area (Å²) in [6.07, 6.45) is 2.94. The SMILES string of the molecule is CC(C)(C)c1ccc(C2(CP(=O)(c3ccccc3)c3ccccc3)CC2)cc1. The summed E-state index contributed by atoms with van der Waals surface area (Å²) in [7, 11) is -2.69. The Hall–Kier alpha value is -2.11. The smallest absolute Gasteiger partial charge is 0.144 e. The number of benzene rings is 3. The van der Waals surface area contributed by atoms with E-state index in [1.807, 2.05) is 60.7 Å². The minimum Gasteiger partial charge on any atom is -0.314 e. The van der Waals surface area contributed by atoms with Crippen molar-refractivity contribution in [2.24, 2.45) is 0 Å². The molecule has 0 unspecified atom stereocenters. The Morgan fingerprint density at radius 2 is 1.21 bits per heavy atom. The van der Waals surface area contributed by atoms with Gasteiger partial charge in [-0.3, -0.25) is 0 Å². The molecule has 0 amide bonds.